The van der Waals surface area contributed by atoms with Crippen molar-refractivity contribution in [3.63, 3.8) is 0 Å². The number of ether oxygens (including phenoxy) is 1. The van der Waals surface area contributed by atoms with E-state index in [1.807, 2.05) is 36.1 Å². The number of rotatable bonds is 4. The molecule has 1 aromatic rings. The summed E-state index contributed by atoms with van der Waals surface area (Å²) in [6.07, 6.45) is 0.850. The summed E-state index contributed by atoms with van der Waals surface area (Å²) in [4.78, 5) is 13.9. The molecule has 1 aromatic carbocycles. The quantitative estimate of drug-likeness (QED) is 0.843. The SMILES string of the molecule is CCOc1ccccc1N1CCCNC(=O)C1CO. The zero-order chi connectivity index (χ0) is 13.7. The van der Waals surface area contributed by atoms with Gasteiger partial charge in [-0.3, -0.25) is 4.79 Å². The van der Waals surface area contributed by atoms with Gasteiger partial charge in [0.05, 0.1) is 18.9 Å². The fourth-order valence-electron chi connectivity index (χ4n) is 2.32. The Bertz CT molecular complexity index is 436. The van der Waals surface area contributed by atoms with Crippen LogP contribution in [-0.2, 0) is 4.79 Å². The second-order valence-corrected chi connectivity index (χ2v) is 4.44. The van der Waals surface area contributed by atoms with Crippen LogP contribution in [0.2, 0.25) is 0 Å². The second kappa shape index (κ2) is 6.43. The number of nitrogens with zero attached hydrogens (tertiary/aromatic N) is 1. The Kier molecular flexibility index (Phi) is 4.63. The second-order valence-electron chi connectivity index (χ2n) is 4.44. The first-order chi connectivity index (χ1) is 9.27. The van der Waals surface area contributed by atoms with Gasteiger partial charge in [0.1, 0.15) is 11.8 Å². The number of hydrogen-bond donors (Lipinski definition) is 2. The number of carbonyl (C=O) groups excluding carboxylic acids is 1. The Labute approximate surface area is 113 Å². The third kappa shape index (κ3) is 2.98. The first kappa shape index (κ1) is 13.7. The molecule has 1 aliphatic rings. The lowest BCUT2D eigenvalue weighted by atomic mass is 10.2. The third-order valence-corrected chi connectivity index (χ3v) is 3.20. The van der Waals surface area contributed by atoms with Gasteiger partial charge in [-0.15, -0.1) is 0 Å². The summed E-state index contributed by atoms with van der Waals surface area (Å²) >= 11 is 0. The minimum absolute atomic E-state index is 0.133. The molecule has 1 unspecified atom stereocenters. The first-order valence-corrected chi connectivity index (χ1v) is 6.65. The van der Waals surface area contributed by atoms with Gasteiger partial charge in [-0.2, -0.15) is 0 Å². The summed E-state index contributed by atoms with van der Waals surface area (Å²) in [7, 11) is 0. The van der Waals surface area contributed by atoms with E-state index in [0.717, 1.165) is 17.9 Å². The highest BCUT2D eigenvalue weighted by atomic mass is 16.5. The lowest BCUT2D eigenvalue weighted by Gasteiger charge is -2.30. The highest BCUT2D eigenvalue weighted by molar-refractivity contribution is 5.86. The maximum absolute atomic E-state index is 11.9. The lowest BCUT2D eigenvalue weighted by Crippen LogP contribution is -2.47. The summed E-state index contributed by atoms with van der Waals surface area (Å²) in [6, 6.07) is 7.07. The van der Waals surface area contributed by atoms with E-state index in [-0.39, 0.29) is 12.5 Å². The lowest BCUT2D eigenvalue weighted by molar-refractivity contribution is -0.122. The predicted molar refractivity (Wildman–Crippen MR) is 73.5 cm³/mol. The number of aliphatic hydroxyl groups excluding tert-OH is 1. The van der Waals surface area contributed by atoms with E-state index in [0.29, 0.717) is 19.7 Å². The first-order valence-electron chi connectivity index (χ1n) is 6.65. The molecule has 1 fully saturated rings. The van der Waals surface area contributed by atoms with E-state index < -0.39 is 6.04 Å². The molecular formula is C14H20N2O3. The van der Waals surface area contributed by atoms with Crippen LogP contribution in [0.3, 0.4) is 0 Å². The van der Waals surface area contributed by atoms with Crippen molar-refractivity contribution < 1.29 is 14.6 Å². The minimum atomic E-state index is -0.552. The topological polar surface area (TPSA) is 61.8 Å². The van der Waals surface area contributed by atoms with Gasteiger partial charge in [-0.05, 0) is 25.5 Å². The van der Waals surface area contributed by atoms with Crippen LogP contribution in [0.25, 0.3) is 0 Å². The standard InChI is InChI=1S/C14H20N2O3/c1-2-19-13-7-4-3-6-11(13)16-9-5-8-15-14(18)12(16)10-17/h3-4,6-7,12,17H,2,5,8-10H2,1H3,(H,15,18). The molecule has 0 radical (unpaired) electrons. The molecule has 5 heteroatoms. The van der Waals surface area contributed by atoms with Crippen LogP contribution in [-0.4, -0.2) is 43.4 Å². The Balaban J connectivity index is 2.34. The Hall–Kier alpha value is -1.75. The predicted octanol–water partition coefficient (Wildman–Crippen LogP) is 0.772. The van der Waals surface area contributed by atoms with Crippen molar-refractivity contribution in [3.8, 4) is 5.75 Å². The van der Waals surface area contributed by atoms with Crippen molar-refractivity contribution in [3.05, 3.63) is 24.3 Å². The van der Waals surface area contributed by atoms with Crippen LogP contribution in [0.15, 0.2) is 24.3 Å². The fraction of sp³-hybridized carbons (Fsp3) is 0.500. The highest BCUT2D eigenvalue weighted by Gasteiger charge is 2.29. The molecule has 5 nitrogen and oxygen atoms in total. The summed E-state index contributed by atoms with van der Waals surface area (Å²) in [5.41, 5.74) is 0.862. The van der Waals surface area contributed by atoms with E-state index in [9.17, 15) is 9.90 Å². The Morgan fingerprint density at radius 1 is 1.47 bits per heavy atom. The number of nitrogens with one attached hydrogen (secondary N) is 1. The van der Waals surface area contributed by atoms with Crippen LogP contribution in [0.1, 0.15) is 13.3 Å². The van der Waals surface area contributed by atoms with Crippen molar-refractivity contribution in [2.45, 2.75) is 19.4 Å². The van der Waals surface area contributed by atoms with Gasteiger partial charge >= 0.3 is 0 Å². The monoisotopic (exact) mass is 264 g/mol. The molecule has 2 N–H and O–H groups in total. The molecule has 19 heavy (non-hydrogen) atoms. The van der Waals surface area contributed by atoms with Crippen LogP contribution < -0.4 is 15.0 Å². The number of carbonyl (C=O) groups is 1. The maximum atomic E-state index is 11.9. The number of amides is 1. The van der Waals surface area contributed by atoms with Crippen molar-refractivity contribution in [1.29, 1.82) is 0 Å². The van der Waals surface area contributed by atoms with Gasteiger partial charge in [0.15, 0.2) is 0 Å². The third-order valence-electron chi connectivity index (χ3n) is 3.20. The number of hydrogen-bond acceptors (Lipinski definition) is 4. The molecule has 0 aliphatic carbocycles. The molecule has 0 aromatic heterocycles. The highest BCUT2D eigenvalue weighted by Crippen LogP contribution is 2.30. The number of anilines is 1. The fourth-order valence-corrected chi connectivity index (χ4v) is 2.32. The van der Waals surface area contributed by atoms with Crippen LogP contribution in [0, 0.1) is 0 Å². The smallest absolute Gasteiger partial charge is 0.245 e. The van der Waals surface area contributed by atoms with Crippen molar-refractivity contribution in [1.82, 2.24) is 5.32 Å². The van der Waals surface area contributed by atoms with E-state index in [1.54, 1.807) is 0 Å². The molecular weight excluding hydrogens is 244 g/mol. The normalized spacial score (nSPS) is 19.8. The summed E-state index contributed by atoms with van der Waals surface area (Å²) in [5.74, 6) is 0.615. The average Bonchev–Trinajstić information content (AvgIpc) is 2.61. The number of aliphatic hydroxyl groups is 1. The van der Waals surface area contributed by atoms with E-state index in [2.05, 4.69) is 5.32 Å². The average molecular weight is 264 g/mol. The number of benzene rings is 1. The van der Waals surface area contributed by atoms with Gasteiger partial charge in [0, 0.05) is 13.1 Å². The van der Waals surface area contributed by atoms with Gasteiger partial charge in [-0.1, -0.05) is 12.1 Å². The molecule has 0 saturated carbocycles. The van der Waals surface area contributed by atoms with Gasteiger partial charge in [0.25, 0.3) is 0 Å². The molecule has 1 atom stereocenters. The number of para-hydroxylation sites is 2. The minimum Gasteiger partial charge on any atom is -0.492 e. The molecule has 1 heterocycles. The Morgan fingerprint density at radius 2 is 2.26 bits per heavy atom. The molecule has 1 aliphatic heterocycles. The van der Waals surface area contributed by atoms with Crippen molar-refractivity contribution >= 4 is 11.6 Å². The molecule has 2 rings (SSSR count). The van der Waals surface area contributed by atoms with E-state index in [1.165, 1.54) is 0 Å². The van der Waals surface area contributed by atoms with Crippen LogP contribution in [0.4, 0.5) is 5.69 Å². The zero-order valence-electron chi connectivity index (χ0n) is 11.1. The van der Waals surface area contributed by atoms with Crippen LogP contribution >= 0.6 is 0 Å². The van der Waals surface area contributed by atoms with E-state index >= 15 is 0 Å². The molecule has 0 spiro atoms. The molecule has 1 saturated heterocycles. The summed E-state index contributed by atoms with van der Waals surface area (Å²) in [6.45, 7) is 3.65. The van der Waals surface area contributed by atoms with E-state index in [4.69, 9.17) is 4.74 Å². The molecule has 1 amide bonds. The van der Waals surface area contributed by atoms with Gasteiger partial charge in [-0.25, -0.2) is 0 Å². The van der Waals surface area contributed by atoms with Gasteiger partial charge in [0.2, 0.25) is 5.91 Å². The largest absolute Gasteiger partial charge is 0.492 e. The Morgan fingerprint density at radius 3 is 3.00 bits per heavy atom. The molecule has 104 valence electrons. The van der Waals surface area contributed by atoms with Gasteiger partial charge < -0.3 is 20.1 Å². The zero-order valence-corrected chi connectivity index (χ0v) is 11.1. The molecule has 0 bridgehead atoms. The van der Waals surface area contributed by atoms with Crippen molar-refractivity contribution in [2.75, 3.05) is 31.2 Å². The maximum Gasteiger partial charge on any atom is 0.245 e. The van der Waals surface area contributed by atoms with Crippen molar-refractivity contribution in [2.24, 2.45) is 0 Å². The summed E-state index contributed by atoms with van der Waals surface area (Å²) < 4.78 is 5.60. The van der Waals surface area contributed by atoms with Crippen LogP contribution in [0.5, 0.6) is 5.75 Å². The summed E-state index contributed by atoms with van der Waals surface area (Å²) in [5, 5.41) is 12.3.